The maximum atomic E-state index is 10.5. The number of carbonyl (C=O) groups is 2. The number of Topliss-reactive ketones (excluding diaryl/α,β-unsaturated/α-hetero) is 1. The van der Waals surface area contributed by atoms with Crippen molar-refractivity contribution in [1.82, 2.24) is 4.90 Å². The third kappa shape index (κ3) is 19.5. The fourth-order valence-corrected chi connectivity index (χ4v) is 3.20. The molecule has 7 heteroatoms. The van der Waals surface area contributed by atoms with Gasteiger partial charge in [0.05, 0.1) is 0 Å². The molecule has 0 N–H and O–H groups in total. The molecule has 0 aliphatic heterocycles. The van der Waals surface area contributed by atoms with Crippen LogP contribution in [-0.2, 0) is 43.8 Å². The Hall–Kier alpha value is -2.50. The van der Waals surface area contributed by atoms with Crippen LogP contribution in [-0.4, -0.2) is 55.5 Å². The molecule has 4 aromatic carbocycles. The van der Waals surface area contributed by atoms with E-state index in [1.807, 2.05) is 106 Å². The summed E-state index contributed by atoms with van der Waals surface area (Å²) in [5.41, 5.74) is 2.19. The largest absolute Gasteiger partial charge is 0.748 e. The summed E-state index contributed by atoms with van der Waals surface area (Å²) in [6.45, 7) is 12.8. The van der Waals surface area contributed by atoms with Crippen molar-refractivity contribution in [2.45, 2.75) is 40.7 Å². The molecule has 0 bridgehead atoms. The zero-order valence-electron chi connectivity index (χ0n) is 25.0. The van der Waals surface area contributed by atoms with Crippen molar-refractivity contribution in [2.75, 3.05) is 33.7 Å². The van der Waals surface area contributed by atoms with Gasteiger partial charge in [0.1, 0.15) is 25.4 Å². The molecule has 0 fully saturated rings. The van der Waals surface area contributed by atoms with Gasteiger partial charge in [0.2, 0.25) is 0 Å². The number of carbonyl (C=O) groups excluding carboxylic acids is 2. The first-order valence-corrected chi connectivity index (χ1v) is 13.2. The van der Waals surface area contributed by atoms with Gasteiger partial charge in [-0.05, 0) is 47.8 Å². The van der Waals surface area contributed by atoms with E-state index in [4.69, 9.17) is 4.84 Å². The van der Waals surface area contributed by atoms with Crippen molar-refractivity contribution < 1.29 is 53.2 Å². The fourth-order valence-electron chi connectivity index (χ4n) is 3.20. The monoisotopic (exact) mass is 631 g/mol. The van der Waals surface area contributed by atoms with E-state index in [0.29, 0.717) is 17.2 Å². The Balaban J connectivity index is -0.000000433. The van der Waals surface area contributed by atoms with E-state index in [0.717, 1.165) is 25.2 Å². The molecule has 0 aliphatic carbocycles. The minimum absolute atomic E-state index is 0. The van der Waals surface area contributed by atoms with Gasteiger partial charge < -0.3 is 40.0 Å². The van der Waals surface area contributed by atoms with Crippen LogP contribution in [0.25, 0.3) is 0 Å². The predicted octanol–water partition coefficient (Wildman–Crippen LogP) is 7.39. The van der Waals surface area contributed by atoms with Gasteiger partial charge >= 0.3 is 6.47 Å². The van der Waals surface area contributed by atoms with Crippen molar-refractivity contribution in [3.63, 3.8) is 0 Å². The number of hydroxylamine groups is 3. The molecule has 0 saturated heterocycles. The first kappa shape index (κ1) is 42.0. The molecule has 0 heterocycles. The van der Waals surface area contributed by atoms with Gasteiger partial charge in [0.25, 0.3) is 0 Å². The smallest absolute Gasteiger partial charge is 0.355 e. The second-order valence-electron chi connectivity index (χ2n) is 8.72. The second kappa shape index (κ2) is 26.7. The summed E-state index contributed by atoms with van der Waals surface area (Å²) in [7, 11) is 4.19. The molecule has 230 valence electrons. The van der Waals surface area contributed by atoms with Crippen LogP contribution in [0.15, 0.2) is 109 Å². The van der Waals surface area contributed by atoms with Gasteiger partial charge in [0.15, 0.2) is 0 Å². The zero-order valence-corrected chi connectivity index (χ0v) is 27.2. The molecule has 40 heavy (non-hydrogen) atoms. The first-order valence-electron chi connectivity index (χ1n) is 13.2. The van der Waals surface area contributed by atoms with Gasteiger partial charge in [0, 0.05) is 34.1 Å². The normalized spacial score (nSPS) is 10.1. The third-order valence-electron chi connectivity index (χ3n) is 6.12. The first-order chi connectivity index (χ1) is 18.3. The Labute approximate surface area is 264 Å². The van der Waals surface area contributed by atoms with E-state index in [1.54, 1.807) is 6.92 Å². The molecule has 1 unspecified atom stereocenters. The van der Waals surface area contributed by atoms with E-state index in [2.05, 4.69) is 50.2 Å². The number of nitrogens with zero attached hydrogens (tertiary/aromatic N) is 2. The number of hydrogen-bond donors (Lipinski definition) is 0. The molecule has 0 saturated carbocycles. The van der Waals surface area contributed by atoms with Crippen LogP contribution in [0.1, 0.15) is 56.6 Å². The van der Waals surface area contributed by atoms with Crippen LogP contribution < -0.4 is 0 Å². The van der Waals surface area contributed by atoms with Gasteiger partial charge in [-0.25, -0.2) is 41.2 Å². The summed E-state index contributed by atoms with van der Waals surface area (Å²) < 4.78 is 0.434. The van der Waals surface area contributed by atoms with Crippen molar-refractivity contribution >= 4 is 12.3 Å². The number of quaternary nitrogens is 1. The number of rotatable bonds is 8. The van der Waals surface area contributed by atoms with Crippen LogP contribution in [0.2, 0.25) is 0 Å². The fraction of sp³-hybridized carbons (Fsp3) is 0.333. The Bertz CT molecular complexity index is 922. The molecular formula is C33H47Fe2N2O3-7. The number of hydrogen-bond acceptors (Lipinski definition) is 4. The summed E-state index contributed by atoms with van der Waals surface area (Å²) in [5.74, 6) is 0.134. The quantitative estimate of drug-likeness (QED) is 0.0508. The summed E-state index contributed by atoms with van der Waals surface area (Å²) in [6, 6.07) is 36.3. The molecule has 0 radical (unpaired) electrons. The van der Waals surface area contributed by atoms with E-state index in [9.17, 15) is 9.59 Å². The summed E-state index contributed by atoms with van der Waals surface area (Å²) >= 11 is 0. The Kier molecular flexibility index (Phi) is 28.0. The van der Waals surface area contributed by atoms with Gasteiger partial charge in [-0.3, -0.25) is 4.84 Å². The average Bonchev–Trinajstić information content (AvgIpc) is 3.77. The van der Waals surface area contributed by atoms with E-state index >= 15 is 0 Å². The molecule has 0 aromatic heterocycles. The van der Waals surface area contributed by atoms with Crippen molar-refractivity contribution in [2.24, 2.45) is 0 Å². The molecule has 4 aromatic rings. The molecule has 5 nitrogen and oxygen atoms in total. The van der Waals surface area contributed by atoms with Crippen LogP contribution in [0, 0.1) is 0 Å². The van der Waals surface area contributed by atoms with Crippen LogP contribution >= 0.6 is 0 Å². The van der Waals surface area contributed by atoms with E-state index in [1.165, 1.54) is 5.56 Å². The standard InChI is InChI=1S/C9H14N.C7H16NO2.C7H7O.2C5H5.2Fe/c1-8(10(2)3)9-6-4-5-7-9;1-4-8(5-2,6-3)10-7-9;1-6(8)7-4-2-3-5-7;2*1-2-4-5-3-1;;/h4-8H,1-3H3;7H,4-6H2,1-3H3;2-5H,1H3;2*1-5H;;/q-1;+1;-1;-5;-1;;. The summed E-state index contributed by atoms with van der Waals surface area (Å²) in [6.07, 6.45) is 0. The molecule has 0 aliphatic rings. The topological polar surface area (TPSA) is 46.6 Å². The van der Waals surface area contributed by atoms with Crippen LogP contribution in [0.4, 0.5) is 0 Å². The van der Waals surface area contributed by atoms with Crippen LogP contribution in [0.5, 0.6) is 0 Å². The minimum Gasteiger partial charge on any atom is -0.748 e. The molecule has 0 amide bonds. The van der Waals surface area contributed by atoms with E-state index in [-0.39, 0.29) is 39.9 Å². The Morgan fingerprint density at radius 3 is 1.45 bits per heavy atom. The SMILES string of the molecule is CC(=O)[c-]1cccc1.CC([c-]1cccc1)N(C)C.CC[N+](CC)(CC)OC=O.[Fe].[Fe].[cH-]1[cH-][cH-][cH-][cH-]1.c1cc[cH-]c1. The Morgan fingerprint density at radius 2 is 1.23 bits per heavy atom. The third-order valence-corrected chi connectivity index (χ3v) is 6.12. The van der Waals surface area contributed by atoms with Crippen molar-refractivity contribution in [3.05, 3.63) is 120 Å². The van der Waals surface area contributed by atoms with E-state index < -0.39 is 0 Å². The van der Waals surface area contributed by atoms with Crippen molar-refractivity contribution in [3.8, 4) is 0 Å². The molecular weight excluding hydrogens is 584 g/mol. The number of ketones is 1. The van der Waals surface area contributed by atoms with Crippen molar-refractivity contribution in [1.29, 1.82) is 0 Å². The summed E-state index contributed by atoms with van der Waals surface area (Å²) in [4.78, 5) is 27.7. The molecule has 4 rings (SSSR count). The predicted molar refractivity (Wildman–Crippen MR) is 159 cm³/mol. The Morgan fingerprint density at radius 1 is 0.825 bits per heavy atom. The van der Waals surface area contributed by atoms with Gasteiger partial charge in [-0.15, -0.1) is 10.2 Å². The molecule has 1 atom stereocenters. The zero-order chi connectivity index (χ0) is 28.7. The summed E-state index contributed by atoms with van der Waals surface area (Å²) in [5, 5.41) is 0. The maximum absolute atomic E-state index is 10.5. The van der Waals surface area contributed by atoms with Gasteiger partial charge in [-0.2, -0.15) is 42.5 Å². The average molecular weight is 631 g/mol. The molecule has 0 spiro atoms. The maximum Gasteiger partial charge on any atom is 0.355 e. The second-order valence-corrected chi connectivity index (χ2v) is 8.72. The van der Waals surface area contributed by atoms with Gasteiger partial charge in [-0.1, -0.05) is 12.5 Å². The van der Waals surface area contributed by atoms with Crippen LogP contribution in [0.3, 0.4) is 0 Å². The minimum atomic E-state index is 0.